The third kappa shape index (κ3) is 6.74. The number of nitrogens with one attached hydrogen (secondary N) is 1. The highest BCUT2D eigenvalue weighted by atomic mass is 32.2. The number of nitrogens with zero attached hydrogens (tertiary/aromatic N) is 1. The highest BCUT2D eigenvalue weighted by molar-refractivity contribution is 7.92. The highest BCUT2D eigenvalue weighted by Crippen LogP contribution is 2.25. The first kappa shape index (κ1) is 25.1. The Kier molecular flexibility index (Phi) is 7.21. The van der Waals surface area contributed by atoms with E-state index in [0.29, 0.717) is 22.5 Å². The van der Waals surface area contributed by atoms with Gasteiger partial charge in [0.15, 0.2) is 0 Å². The Labute approximate surface area is 196 Å². The lowest BCUT2D eigenvalue weighted by Crippen LogP contribution is -2.29. The van der Waals surface area contributed by atoms with Gasteiger partial charge in [0.2, 0.25) is 10.0 Å². The van der Waals surface area contributed by atoms with Crippen LogP contribution in [0.25, 0.3) is 0 Å². The smallest absolute Gasteiger partial charge is 0.406 e. The molecule has 0 radical (unpaired) electrons. The molecule has 3 aromatic rings. The predicted molar refractivity (Wildman–Crippen MR) is 124 cm³/mol. The van der Waals surface area contributed by atoms with Gasteiger partial charge in [0, 0.05) is 11.3 Å². The standard InChI is InChI=1S/C24H23F3N2O4S/c1-16-4-11-21(14-17(16)2)29(34(3,31)32)15-18-5-7-19(8-6-18)23(30)28-20-9-12-22(13-10-20)33-24(25,26)27/h4-14H,15H2,1-3H3,(H,28,30). The molecule has 180 valence electrons. The number of rotatable bonds is 7. The lowest BCUT2D eigenvalue weighted by Gasteiger charge is -2.23. The minimum Gasteiger partial charge on any atom is -0.406 e. The summed E-state index contributed by atoms with van der Waals surface area (Å²) in [5.41, 5.74) is 3.84. The molecule has 0 heterocycles. The van der Waals surface area contributed by atoms with Crippen LogP contribution in [-0.4, -0.2) is 26.9 Å². The van der Waals surface area contributed by atoms with Crippen LogP contribution in [0.3, 0.4) is 0 Å². The second-order valence-electron chi connectivity index (χ2n) is 7.76. The molecule has 6 nitrogen and oxygen atoms in total. The summed E-state index contributed by atoms with van der Waals surface area (Å²) in [6.07, 6.45) is -3.66. The van der Waals surface area contributed by atoms with Crippen molar-refractivity contribution in [1.29, 1.82) is 0 Å². The Balaban J connectivity index is 1.70. The average Bonchev–Trinajstić information content (AvgIpc) is 2.74. The molecule has 0 fully saturated rings. The van der Waals surface area contributed by atoms with Gasteiger partial charge in [-0.15, -0.1) is 13.2 Å². The summed E-state index contributed by atoms with van der Waals surface area (Å²) in [7, 11) is -3.55. The molecule has 0 aliphatic carbocycles. The van der Waals surface area contributed by atoms with E-state index in [0.717, 1.165) is 29.5 Å². The molecule has 1 amide bonds. The van der Waals surface area contributed by atoms with Crippen LogP contribution in [-0.2, 0) is 16.6 Å². The SMILES string of the molecule is Cc1ccc(N(Cc2ccc(C(=O)Nc3ccc(OC(F)(F)F)cc3)cc2)S(C)(=O)=O)cc1C. The largest absolute Gasteiger partial charge is 0.573 e. The first-order valence-electron chi connectivity index (χ1n) is 10.1. The van der Waals surface area contributed by atoms with Gasteiger partial charge in [0.1, 0.15) is 5.75 Å². The van der Waals surface area contributed by atoms with Gasteiger partial charge >= 0.3 is 6.36 Å². The predicted octanol–water partition coefficient (Wildman–Crippen LogP) is 5.42. The van der Waals surface area contributed by atoms with Crippen LogP contribution in [0.4, 0.5) is 24.5 Å². The molecular weight excluding hydrogens is 469 g/mol. The molecule has 0 atom stereocenters. The number of anilines is 2. The van der Waals surface area contributed by atoms with Crippen molar-refractivity contribution in [3.05, 3.63) is 89.0 Å². The molecule has 0 saturated heterocycles. The summed E-state index contributed by atoms with van der Waals surface area (Å²) < 4.78 is 66.7. The van der Waals surface area contributed by atoms with Crippen LogP contribution < -0.4 is 14.4 Å². The van der Waals surface area contributed by atoms with E-state index in [4.69, 9.17) is 0 Å². The number of ether oxygens (including phenoxy) is 1. The lowest BCUT2D eigenvalue weighted by molar-refractivity contribution is -0.274. The molecular formula is C24H23F3N2O4S. The van der Waals surface area contributed by atoms with Crippen LogP contribution in [0.2, 0.25) is 0 Å². The minimum atomic E-state index is -4.79. The van der Waals surface area contributed by atoms with Crippen molar-refractivity contribution in [2.45, 2.75) is 26.8 Å². The molecule has 0 aromatic heterocycles. The van der Waals surface area contributed by atoms with Crippen molar-refractivity contribution in [1.82, 2.24) is 0 Å². The number of sulfonamides is 1. The van der Waals surface area contributed by atoms with E-state index in [1.165, 1.54) is 16.4 Å². The molecule has 0 bridgehead atoms. The second kappa shape index (κ2) is 9.76. The van der Waals surface area contributed by atoms with Crippen molar-refractivity contribution < 1.29 is 31.1 Å². The summed E-state index contributed by atoms with van der Waals surface area (Å²) in [6.45, 7) is 3.94. The first-order chi connectivity index (χ1) is 15.8. The fourth-order valence-corrected chi connectivity index (χ4v) is 4.03. The van der Waals surface area contributed by atoms with E-state index in [1.807, 2.05) is 26.0 Å². The van der Waals surface area contributed by atoms with Gasteiger partial charge in [-0.1, -0.05) is 18.2 Å². The summed E-state index contributed by atoms with van der Waals surface area (Å²) in [6, 6.07) is 16.6. The Morgan fingerprint density at radius 2 is 1.56 bits per heavy atom. The molecule has 0 spiro atoms. The van der Waals surface area contributed by atoms with Crippen LogP contribution in [0, 0.1) is 13.8 Å². The molecule has 3 aromatic carbocycles. The summed E-state index contributed by atoms with van der Waals surface area (Å²) in [5.74, 6) is -0.862. The van der Waals surface area contributed by atoms with Crippen molar-refractivity contribution >= 4 is 27.3 Å². The highest BCUT2D eigenvalue weighted by Gasteiger charge is 2.31. The lowest BCUT2D eigenvalue weighted by atomic mass is 10.1. The normalized spacial score (nSPS) is 11.7. The van der Waals surface area contributed by atoms with E-state index in [9.17, 15) is 26.4 Å². The van der Waals surface area contributed by atoms with Gasteiger partial charge in [0.05, 0.1) is 18.5 Å². The number of aryl methyl sites for hydroxylation is 2. The monoisotopic (exact) mass is 492 g/mol. The van der Waals surface area contributed by atoms with Crippen molar-refractivity contribution in [3.8, 4) is 5.75 Å². The van der Waals surface area contributed by atoms with Gasteiger partial charge in [-0.25, -0.2) is 8.42 Å². The van der Waals surface area contributed by atoms with Crippen LogP contribution in [0.1, 0.15) is 27.0 Å². The van der Waals surface area contributed by atoms with E-state index in [2.05, 4.69) is 10.1 Å². The Morgan fingerprint density at radius 3 is 2.09 bits per heavy atom. The number of amides is 1. The summed E-state index contributed by atoms with van der Waals surface area (Å²) in [4.78, 5) is 12.5. The zero-order valence-electron chi connectivity index (χ0n) is 18.7. The molecule has 0 aliphatic heterocycles. The van der Waals surface area contributed by atoms with Crippen LogP contribution in [0.5, 0.6) is 5.75 Å². The third-order valence-corrected chi connectivity index (χ3v) is 6.21. The van der Waals surface area contributed by atoms with Gasteiger partial charge in [-0.05, 0) is 79.1 Å². The molecule has 0 saturated carbocycles. The third-order valence-electron chi connectivity index (χ3n) is 5.07. The second-order valence-corrected chi connectivity index (χ2v) is 9.67. The van der Waals surface area contributed by atoms with Crippen molar-refractivity contribution in [2.24, 2.45) is 0 Å². The Morgan fingerprint density at radius 1 is 0.941 bits per heavy atom. The van der Waals surface area contributed by atoms with E-state index < -0.39 is 28.0 Å². The number of carbonyl (C=O) groups is 1. The van der Waals surface area contributed by atoms with Crippen molar-refractivity contribution in [2.75, 3.05) is 15.9 Å². The van der Waals surface area contributed by atoms with E-state index in [1.54, 1.807) is 30.3 Å². The Bertz CT molecular complexity index is 1270. The quantitative estimate of drug-likeness (QED) is 0.478. The maximum atomic E-state index is 12.5. The van der Waals surface area contributed by atoms with Crippen molar-refractivity contribution in [3.63, 3.8) is 0 Å². The fraction of sp³-hybridized carbons (Fsp3) is 0.208. The van der Waals surface area contributed by atoms with Gasteiger partial charge in [0.25, 0.3) is 5.91 Å². The number of halogens is 3. The minimum absolute atomic E-state index is 0.0872. The maximum Gasteiger partial charge on any atom is 0.573 e. The zero-order valence-corrected chi connectivity index (χ0v) is 19.5. The topological polar surface area (TPSA) is 75.7 Å². The number of carbonyl (C=O) groups excluding carboxylic acids is 1. The zero-order chi connectivity index (χ0) is 25.1. The van der Waals surface area contributed by atoms with Crippen LogP contribution >= 0.6 is 0 Å². The number of benzene rings is 3. The van der Waals surface area contributed by atoms with E-state index in [-0.39, 0.29) is 6.54 Å². The van der Waals surface area contributed by atoms with Gasteiger partial charge < -0.3 is 10.1 Å². The summed E-state index contributed by atoms with van der Waals surface area (Å²) in [5, 5.41) is 2.59. The number of hydrogen-bond donors (Lipinski definition) is 1. The summed E-state index contributed by atoms with van der Waals surface area (Å²) >= 11 is 0. The molecule has 0 aliphatic rings. The molecule has 10 heteroatoms. The first-order valence-corrected chi connectivity index (χ1v) is 12.0. The van der Waals surface area contributed by atoms with E-state index >= 15 is 0 Å². The van der Waals surface area contributed by atoms with Gasteiger partial charge in [-0.3, -0.25) is 9.10 Å². The molecule has 34 heavy (non-hydrogen) atoms. The van der Waals surface area contributed by atoms with Gasteiger partial charge in [-0.2, -0.15) is 0 Å². The number of hydrogen-bond acceptors (Lipinski definition) is 4. The fourth-order valence-electron chi connectivity index (χ4n) is 3.15. The average molecular weight is 493 g/mol. The molecule has 1 N–H and O–H groups in total. The van der Waals surface area contributed by atoms with Crippen LogP contribution in [0.15, 0.2) is 66.7 Å². The molecule has 3 rings (SSSR count). The number of alkyl halides is 3. The maximum absolute atomic E-state index is 12.5. The molecule has 0 unspecified atom stereocenters. The Hall–Kier alpha value is -3.53.